The molecule has 0 aromatic rings. The molecule has 0 fully saturated rings. The summed E-state index contributed by atoms with van der Waals surface area (Å²) in [6.45, 7) is 7.39. The molecule has 64 heavy (non-hydrogen) atoms. The molecule has 1 atom stereocenters. The Morgan fingerprint density at radius 2 is 0.750 bits per heavy atom. The van der Waals surface area contributed by atoms with Gasteiger partial charge in [0.25, 0.3) is 0 Å². The van der Waals surface area contributed by atoms with Crippen molar-refractivity contribution >= 4 is 11.9 Å². The average molecular weight is 883 g/mol. The van der Waals surface area contributed by atoms with Crippen molar-refractivity contribution in [2.45, 2.75) is 207 Å². The van der Waals surface area contributed by atoms with Crippen LogP contribution in [0.3, 0.4) is 0 Å². The molecule has 5 heteroatoms. The summed E-state index contributed by atoms with van der Waals surface area (Å²) in [6, 6.07) is 0. The second-order valence-electron chi connectivity index (χ2n) is 16.3. The van der Waals surface area contributed by atoms with Gasteiger partial charge in [-0.1, -0.05) is 206 Å². The first kappa shape index (κ1) is 60.0. The fraction of sp³-hybridized carbons (Fsp3) is 0.593. The second kappa shape index (κ2) is 53.4. The standard InChI is InChI=1S/C59H94O5/c1-4-7-10-13-16-19-22-25-27-28-29-30-31-33-36-39-42-45-48-51-54-62-55-57(64-59(61)53-50-47-44-41-38-34-24-21-18-15-12-9-6-3)56-63-58(60)52-49-46-43-40-37-35-32-26-23-20-17-14-11-8-5-2/h8-9,11-12,16-21,25-27,29-30,32,34,37-38,40,46,49,57H,4-7,10,13-15,22-24,28,31,33,35-36,39,41-45,47-48,50-56H2,1-3H3/b11-8-,12-9-,19-16-,20-17-,21-18-,27-25-,30-29-,32-26-,38-34-,40-37-,49-46-. The van der Waals surface area contributed by atoms with E-state index in [0.717, 1.165) is 109 Å². The van der Waals surface area contributed by atoms with Crippen LogP contribution in [0.15, 0.2) is 134 Å². The maximum atomic E-state index is 12.8. The third-order valence-electron chi connectivity index (χ3n) is 10.2. The molecule has 0 saturated heterocycles. The number of carbonyl (C=O) groups excluding carboxylic acids is 2. The highest BCUT2D eigenvalue weighted by Crippen LogP contribution is 2.11. The molecule has 1 unspecified atom stereocenters. The van der Waals surface area contributed by atoms with Crippen molar-refractivity contribution in [2.75, 3.05) is 19.8 Å². The van der Waals surface area contributed by atoms with Crippen LogP contribution in [0.4, 0.5) is 0 Å². The highest BCUT2D eigenvalue weighted by molar-refractivity contribution is 5.71. The van der Waals surface area contributed by atoms with Gasteiger partial charge in [0.2, 0.25) is 0 Å². The Hall–Kier alpha value is -3.96. The molecular weight excluding hydrogens is 789 g/mol. The van der Waals surface area contributed by atoms with E-state index in [1.807, 2.05) is 12.2 Å². The lowest BCUT2D eigenvalue weighted by Crippen LogP contribution is -2.30. The van der Waals surface area contributed by atoms with Crippen LogP contribution in [0.5, 0.6) is 0 Å². The quantitative estimate of drug-likeness (QED) is 0.0346. The maximum Gasteiger partial charge on any atom is 0.309 e. The summed E-state index contributed by atoms with van der Waals surface area (Å²) in [4.78, 5) is 25.3. The molecule has 0 aliphatic rings. The zero-order valence-corrected chi connectivity index (χ0v) is 41.2. The minimum absolute atomic E-state index is 0.00610. The van der Waals surface area contributed by atoms with E-state index in [2.05, 4.69) is 142 Å². The van der Waals surface area contributed by atoms with E-state index in [1.54, 1.807) is 0 Å². The zero-order valence-electron chi connectivity index (χ0n) is 41.2. The van der Waals surface area contributed by atoms with Gasteiger partial charge in [-0.05, 0) is 116 Å². The molecule has 0 radical (unpaired) electrons. The van der Waals surface area contributed by atoms with Gasteiger partial charge in [0.05, 0.1) is 13.0 Å². The van der Waals surface area contributed by atoms with Crippen LogP contribution in [-0.4, -0.2) is 37.9 Å². The lowest BCUT2D eigenvalue weighted by atomic mass is 10.1. The van der Waals surface area contributed by atoms with Gasteiger partial charge in [0.15, 0.2) is 6.10 Å². The minimum atomic E-state index is -0.606. The van der Waals surface area contributed by atoms with Gasteiger partial charge < -0.3 is 14.2 Å². The van der Waals surface area contributed by atoms with Crippen LogP contribution in [0.2, 0.25) is 0 Å². The van der Waals surface area contributed by atoms with Gasteiger partial charge in [0, 0.05) is 13.0 Å². The van der Waals surface area contributed by atoms with Crippen LogP contribution in [-0.2, 0) is 23.8 Å². The predicted octanol–water partition coefficient (Wildman–Crippen LogP) is 17.6. The Bertz CT molecular complexity index is 1370. The second-order valence-corrected chi connectivity index (χ2v) is 16.3. The Kier molecular flexibility index (Phi) is 50.1. The lowest BCUT2D eigenvalue weighted by Gasteiger charge is -2.18. The normalized spacial score (nSPS) is 13.4. The number of hydrogen-bond donors (Lipinski definition) is 0. The number of rotatable bonds is 45. The van der Waals surface area contributed by atoms with Gasteiger partial charge in [-0.3, -0.25) is 9.59 Å². The van der Waals surface area contributed by atoms with Gasteiger partial charge in [-0.2, -0.15) is 0 Å². The van der Waals surface area contributed by atoms with E-state index in [9.17, 15) is 9.59 Å². The first-order valence-corrected chi connectivity index (χ1v) is 25.7. The third kappa shape index (κ3) is 50.7. The van der Waals surface area contributed by atoms with Crippen molar-refractivity contribution in [3.63, 3.8) is 0 Å². The fourth-order valence-electron chi connectivity index (χ4n) is 6.43. The van der Waals surface area contributed by atoms with Crippen LogP contribution >= 0.6 is 0 Å². The van der Waals surface area contributed by atoms with Crippen LogP contribution in [0, 0.1) is 0 Å². The van der Waals surface area contributed by atoms with Crippen molar-refractivity contribution in [1.82, 2.24) is 0 Å². The van der Waals surface area contributed by atoms with Gasteiger partial charge in [-0.25, -0.2) is 0 Å². The molecule has 0 aromatic carbocycles. The highest BCUT2D eigenvalue weighted by atomic mass is 16.6. The Labute approximate surface area is 394 Å². The molecule has 5 nitrogen and oxygen atoms in total. The summed E-state index contributed by atoms with van der Waals surface area (Å²) in [5, 5.41) is 0. The summed E-state index contributed by atoms with van der Waals surface area (Å²) < 4.78 is 17.3. The van der Waals surface area contributed by atoms with E-state index in [0.29, 0.717) is 13.0 Å². The van der Waals surface area contributed by atoms with Crippen LogP contribution in [0.1, 0.15) is 201 Å². The number of esters is 2. The first-order chi connectivity index (χ1) is 31.6. The van der Waals surface area contributed by atoms with Gasteiger partial charge >= 0.3 is 11.9 Å². The average Bonchev–Trinajstić information content (AvgIpc) is 3.30. The molecule has 0 aliphatic heterocycles. The molecule has 360 valence electrons. The number of ether oxygens (including phenoxy) is 3. The largest absolute Gasteiger partial charge is 0.461 e. The number of allylic oxidation sites excluding steroid dienone is 21. The molecule has 0 amide bonds. The number of hydrogen-bond acceptors (Lipinski definition) is 5. The van der Waals surface area contributed by atoms with E-state index < -0.39 is 6.10 Å². The van der Waals surface area contributed by atoms with Gasteiger partial charge in [0.1, 0.15) is 6.61 Å². The van der Waals surface area contributed by atoms with Crippen molar-refractivity contribution in [3.05, 3.63) is 134 Å². The SMILES string of the molecule is CC/C=C\C/C=C\C/C=C\C/C=C\C/C=C\CC(=O)OCC(COCCCCCCCCC/C=C\C/C=C\C/C=C\CCCCC)OC(=O)CCCCC/C=C\C/C=C\C/C=C\CC. The molecule has 0 rings (SSSR count). The highest BCUT2D eigenvalue weighted by Gasteiger charge is 2.17. The van der Waals surface area contributed by atoms with E-state index in [1.165, 1.54) is 57.8 Å². The third-order valence-corrected chi connectivity index (χ3v) is 10.2. The zero-order chi connectivity index (χ0) is 46.3. The summed E-state index contributed by atoms with van der Waals surface area (Å²) in [7, 11) is 0. The molecule has 0 aliphatic carbocycles. The van der Waals surface area contributed by atoms with Crippen molar-refractivity contribution in [2.24, 2.45) is 0 Å². The monoisotopic (exact) mass is 883 g/mol. The molecule has 0 N–H and O–H groups in total. The fourth-order valence-corrected chi connectivity index (χ4v) is 6.43. The minimum Gasteiger partial charge on any atom is -0.461 e. The Balaban J connectivity index is 4.44. The van der Waals surface area contributed by atoms with Crippen molar-refractivity contribution < 1.29 is 23.8 Å². The van der Waals surface area contributed by atoms with Gasteiger partial charge in [-0.15, -0.1) is 0 Å². The van der Waals surface area contributed by atoms with Crippen molar-refractivity contribution in [3.8, 4) is 0 Å². The molecule has 0 saturated carbocycles. The molecule has 0 heterocycles. The van der Waals surface area contributed by atoms with E-state index in [4.69, 9.17) is 14.2 Å². The van der Waals surface area contributed by atoms with Crippen molar-refractivity contribution in [1.29, 1.82) is 0 Å². The van der Waals surface area contributed by atoms with E-state index >= 15 is 0 Å². The summed E-state index contributed by atoms with van der Waals surface area (Å²) in [5.74, 6) is -0.594. The summed E-state index contributed by atoms with van der Waals surface area (Å²) in [5.41, 5.74) is 0. The molecule has 0 spiro atoms. The van der Waals surface area contributed by atoms with Crippen LogP contribution < -0.4 is 0 Å². The first-order valence-electron chi connectivity index (χ1n) is 25.7. The Morgan fingerprint density at radius 1 is 0.375 bits per heavy atom. The molecular formula is C59H94O5. The number of carbonyl (C=O) groups is 2. The summed E-state index contributed by atoms with van der Waals surface area (Å²) >= 11 is 0. The number of unbranched alkanes of at least 4 members (excludes halogenated alkanes) is 13. The maximum absolute atomic E-state index is 12.8. The van der Waals surface area contributed by atoms with E-state index in [-0.39, 0.29) is 31.6 Å². The molecule has 0 bridgehead atoms. The Morgan fingerprint density at radius 3 is 1.20 bits per heavy atom. The topological polar surface area (TPSA) is 61.8 Å². The summed E-state index contributed by atoms with van der Waals surface area (Å²) in [6.07, 6.45) is 76.3. The molecule has 0 aromatic heterocycles. The predicted molar refractivity (Wildman–Crippen MR) is 278 cm³/mol. The lowest BCUT2D eigenvalue weighted by molar-refractivity contribution is -0.162. The van der Waals surface area contributed by atoms with Crippen LogP contribution in [0.25, 0.3) is 0 Å². The smallest absolute Gasteiger partial charge is 0.309 e.